The van der Waals surface area contributed by atoms with E-state index in [1.807, 2.05) is 32.0 Å². The van der Waals surface area contributed by atoms with Crippen molar-refractivity contribution in [3.63, 3.8) is 0 Å². The van der Waals surface area contributed by atoms with Crippen LogP contribution >= 0.6 is 0 Å². The van der Waals surface area contributed by atoms with Crippen molar-refractivity contribution in [1.29, 1.82) is 0 Å². The van der Waals surface area contributed by atoms with Crippen LogP contribution in [0.5, 0.6) is 17.2 Å². The van der Waals surface area contributed by atoms with Gasteiger partial charge >= 0.3 is 5.97 Å². The van der Waals surface area contributed by atoms with E-state index in [4.69, 9.17) is 14.2 Å². The van der Waals surface area contributed by atoms with Crippen molar-refractivity contribution in [2.75, 3.05) is 13.7 Å². The van der Waals surface area contributed by atoms with Crippen LogP contribution in [0.1, 0.15) is 21.5 Å². The lowest BCUT2D eigenvalue weighted by atomic mass is 10.1. The number of hydrogen-bond acceptors (Lipinski definition) is 5. The Morgan fingerprint density at radius 2 is 1.70 bits per heavy atom. The summed E-state index contributed by atoms with van der Waals surface area (Å²) in [5, 5.41) is 0. The maximum absolute atomic E-state index is 12.0. The summed E-state index contributed by atoms with van der Waals surface area (Å²) in [7, 11) is 1.44. The SMILES string of the molecule is COc1cccc(C=O)c1OC(=O)COc1c(C)cccc1C. The van der Waals surface area contributed by atoms with Gasteiger partial charge in [0.2, 0.25) is 0 Å². The number of para-hydroxylation sites is 2. The summed E-state index contributed by atoms with van der Waals surface area (Å²) in [4.78, 5) is 23.1. The standard InChI is InChI=1S/C18H18O5/c1-12-6-4-7-13(2)17(12)22-11-16(20)23-18-14(10-19)8-5-9-15(18)21-3/h4-10H,11H2,1-3H3. The highest BCUT2D eigenvalue weighted by atomic mass is 16.6. The minimum atomic E-state index is -0.611. The highest BCUT2D eigenvalue weighted by molar-refractivity contribution is 5.84. The maximum Gasteiger partial charge on any atom is 0.349 e. The Bertz CT molecular complexity index is 701. The summed E-state index contributed by atoms with van der Waals surface area (Å²) < 4.78 is 15.9. The Balaban J connectivity index is 2.10. The van der Waals surface area contributed by atoms with Crippen LogP contribution in [-0.2, 0) is 4.79 Å². The number of carbonyl (C=O) groups excluding carboxylic acids is 2. The molecule has 0 aliphatic rings. The van der Waals surface area contributed by atoms with E-state index in [0.717, 1.165) is 11.1 Å². The van der Waals surface area contributed by atoms with Crippen molar-refractivity contribution >= 4 is 12.3 Å². The van der Waals surface area contributed by atoms with Crippen LogP contribution in [0.2, 0.25) is 0 Å². The molecule has 0 unspecified atom stereocenters. The van der Waals surface area contributed by atoms with Crippen LogP contribution in [-0.4, -0.2) is 26.0 Å². The maximum atomic E-state index is 12.0. The fourth-order valence-electron chi connectivity index (χ4n) is 2.20. The van der Waals surface area contributed by atoms with Crippen LogP contribution in [0.15, 0.2) is 36.4 Å². The third-order valence-electron chi connectivity index (χ3n) is 3.32. The lowest BCUT2D eigenvalue weighted by molar-refractivity contribution is -0.136. The second kappa shape index (κ2) is 7.45. The van der Waals surface area contributed by atoms with Gasteiger partial charge in [-0.25, -0.2) is 4.79 Å². The van der Waals surface area contributed by atoms with Crippen LogP contribution in [0, 0.1) is 13.8 Å². The molecule has 0 saturated carbocycles. The molecule has 0 aromatic heterocycles. The van der Waals surface area contributed by atoms with E-state index in [1.54, 1.807) is 18.2 Å². The minimum Gasteiger partial charge on any atom is -0.493 e. The molecule has 0 bridgehead atoms. The zero-order chi connectivity index (χ0) is 16.8. The first-order valence-corrected chi connectivity index (χ1v) is 7.08. The molecular weight excluding hydrogens is 296 g/mol. The van der Waals surface area contributed by atoms with Gasteiger partial charge in [-0.05, 0) is 37.1 Å². The van der Waals surface area contributed by atoms with Gasteiger partial charge in [-0.15, -0.1) is 0 Å². The van der Waals surface area contributed by atoms with Gasteiger partial charge < -0.3 is 14.2 Å². The number of ether oxygens (including phenoxy) is 3. The molecule has 5 heteroatoms. The molecule has 120 valence electrons. The summed E-state index contributed by atoms with van der Waals surface area (Å²) in [6, 6.07) is 10.5. The van der Waals surface area contributed by atoms with Crippen molar-refractivity contribution in [2.24, 2.45) is 0 Å². The van der Waals surface area contributed by atoms with Crippen LogP contribution in [0.4, 0.5) is 0 Å². The first-order valence-electron chi connectivity index (χ1n) is 7.08. The normalized spacial score (nSPS) is 10.0. The molecule has 23 heavy (non-hydrogen) atoms. The van der Waals surface area contributed by atoms with Crippen molar-refractivity contribution in [3.8, 4) is 17.2 Å². The van der Waals surface area contributed by atoms with Crippen LogP contribution in [0.25, 0.3) is 0 Å². The van der Waals surface area contributed by atoms with Crippen molar-refractivity contribution < 1.29 is 23.8 Å². The Hall–Kier alpha value is -2.82. The predicted molar refractivity (Wildman–Crippen MR) is 85.4 cm³/mol. The van der Waals surface area contributed by atoms with Crippen molar-refractivity contribution in [3.05, 3.63) is 53.1 Å². The zero-order valence-corrected chi connectivity index (χ0v) is 13.3. The van der Waals surface area contributed by atoms with E-state index in [-0.39, 0.29) is 17.9 Å². The first kappa shape index (κ1) is 16.5. The smallest absolute Gasteiger partial charge is 0.349 e. The van der Waals surface area contributed by atoms with Gasteiger partial charge in [-0.3, -0.25) is 4.79 Å². The molecule has 0 amide bonds. The van der Waals surface area contributed by atoms with Gasteiger partial charge in [0.05, 0.1) is 12.7 Å². The van der Waals surface area contributed by atoms with E-state index in [9.17, 15) is 9.59 Å². The lowest BCUT2D eigenvalue weighted by Gasteiger charge is -2.13. The molecule has 5 nitrogen and oxygen atoms in total. The van der Waals surface area contributed by atoms with Crippen molar-refractivity contribution in [1.82, 2.24) is 0 Å². The second-order valence-corrected chi connectivity index (χ2v) is 4.98. The second-order valence-electron chi connectivity index (χ2n) is 4.98. The summed E-state index contributed by atoms with van der Waals surface area (Å²) in [5.74, 6) is 0.454. The third kappa shape index (κ3) is 3.88. The van der Waals surface area contributed by atoms with Gasteiger partial charge in [0, 0.05) is 0 Å². The molecule has 0 spiro atoms. The molecule has 0 heterocycles. The molecule has 0 atom stereocenters. The largest absolute Gasteiger partial charge is 0.493 e. The molecule has 2 aromatic rings. The molecule has 0 radical (unpaired) electrons. The minimum absolute atomic E-state index is 0.0973. The monoisotopic (exact) mass is 314 g/mol. The summed E-state index contributed by atoms with van der Waals surface area (Å²) >= 11 is 0. The third-order valence-corrected chi connectivity index (χ3v) is 3.32. The Kier molecular flexibility index (Phi) is 5.36. The highest BCUT2D eigenvalue weighted by Crippen LogP contribution is 2.30. The van der Waals surface area contributed by atoms with E-state index >= 15 is 0 Å². The Morgan fingerprint density at radius 1 is 1.04 bits per heavy atom. The molecule has 0 saturated heterocycles. The quantitative estimate of drug-likeness (QED) is 0.466. The number of carbonyl (C=O) groups is 2. The number of aldehydes is 1. The lowest BCUT2D eigenvalue weighted by Crippen LogP contribution is -2.19. The molecule has 0 fully saturated rings. The number of methoxy groups -OCH3 is 1. The summed E-state index contributed by atoms with van der Waals surface area (Å²) in [6.07, 6.45) is 0.609. The molecule has 2 rings (SSSR count). The fraction of sp³-hybridized carbons (Fsp3) is 0.222. The summed E-state index contributed by atoms with van der Waals surface area (Å²) in [5.41, 5.74) is 2.11. The summed E-state index contributed by atoms with van der Waals surface area (Å²) in [6.45, 7) is 3.54. The van der Waals surface area contributed by atoms with Gasteiger partial charge in [0.25, 0.3) is 0 Å². The van der Waals surface area contributed by atoms with Gasteiger partial charge in [0.15, 0.2) is 24.4 Å². The molecule has 0 aliphatic heterocycles. The predicted octanol–water partition coefficient (Wildman–Crippen LogP) is 3.11. The van der Waals surface area contributed by atoms with E-state index < -0.39 is 5.97 Å². The zero-order valence-electron chi connectivity index (χ0n) is 13.3. The number of esters is 1. The van der Waals surface area contributed by atoms with Crippen molar-refractivity contribution in [2.45, 2.75) is 13.8 Å². The fourth-order valence-corrected chi connectivity index (χ4v) is 2.20. The average molecular weight is 314 g/mol. The Labute approximate surface area is 134 Å². The molecular formula is C18H18O5. The van der Waals surface area contributed by atoms with E-state index in [1.165, 1.54) is 7.11 Å². The van der Waals surface area contributed by atoms with E-state index in [2.05, 4.69) is 0 Å². The number of benzene rings is 2. The molecule has 2 aromatic carbocycles. The van der Waals surface area contributed by atoms with E-state index in [0.29, 0.717) is 17.8 Å². The topological polar surface area (TPSA) is 61.8 Å². The Morgan fingerprint density at radius 3 is 2.30 bits per heavy atom. The molecule has 0 aliphatic carbocycles. The van der Waals surface area contributed by atoms with Gasteiger partial charge in [-0.2, -0.15) is 0 Å². The number of aryl methyl sites for hydroxylation is 2. The first-order chi connectivity index (χ1) is 11.1. The van der Waals surface area contributed by atoms with Crippen LogP contribution < -0.4 is 14.2 Å². The number of hydrogen-bond donors (Lipinski definition) is 0. The molecule has 0 N–H and O–H groups in total. The average Bonchev–Trinajstić information content (AvgIpc) is 2.54. The highest BCUT2D eigenvalue weighted by Gasteiger charge is 2.15. The van der Waals surface area contributed by atoms with Gasteiger partial charge in [-0.1, -0.05) is 24.3 Å². The number of rotatable bonds is 6. The van der Waals surface area contributed by atoms with Crippen LogP contribution in [0.3, 0.4) is 0 Å². The van der Waals surface area contributed by atoms with Gasteiger partial charge in [0.1, 0.15) is 5.75 Å².